The molecule has 1 aliphatic carbocycles. The van der Waals surface area contributed by atoms with Crippen molar-refractivity contribution in [1.82, 2.24) is 15.3 Å². The zero-order valence-electron chi connectivity index (χ0n) is 15.6. The predicted molar refractivity (Wildman–Crippen MR) is 107 cm³/mol. The number of carbonyl (C=O) groups is 2. The van der Waals surface area contributed by atoms with Gasteiger partial charge < -0.3 is 5.32 Å². The molecule has 27 heavy (non-hydrogen) atoms. The van der Waals surface area contributed by atoms with Crippen molar-refractivity contribution in [2.24, 2.45) is 0 Å². The van der Waals surface area contributed by atoms with E-state index < -0.39 is 0 Å². The molecule has 1 heterocycles. The van der Waals surface area contributed by atoms with E-state index in [1.807, 2.05) is 32.0 Å². The van der Waals surface area contributed by atoms with Crippen LogP contribution in [0.15, 0.2) is 29.3 Å². The number of thioether (sulfide) groups is 1. The number of Topliss-reactive ketones (excluding diaryl/α,β-unsaturated/α-hetero) is 1. The van der Waals surface area contributed by atoms with Crippen LogP contribution in [0.2, 0.25) is 5.02 Å². The minimum absolute atomic E-state index is 0.0787. The molecule has 5 nitrogen and oxygen atoms in total. The van der Waals surface area contributed by atoms with Gasteiger partial charge in [0.15, 0.2) is 5.78 Å². The molecule has 7 heteroatoms. The number of aromatic nitrogens is 2. The van der Waals surface area contributed by atoms with Crippen LogP contribution >= 0.6 is 23.4 Å². The first-order chi connectivity index (χ1) is 12.8. The minimum Gasteiger partial charge on any atom is -0.349 e. The lowest BCUT2D eigenvalue weighted by atomic mass is 10.1. The van der Waals surface area contributed by atoms with E-state index >= 15 is 0 Å². The first-order valence-corrected chi connectivity index (χ1v) is 10.3. The molecule has 2 aromatic rings. The molecular formula is C20H22ClN3O2S. The number of amides is 1. The molecule has 1 atom stereocenters. The summed E-state index contributed by atoms with van der Waals surface area (Å²) in [5.74, 6) is 1.16. The fourth-order valence-electron chi connectivity index (χ4n) is 2.88. The first kappa shape index (κ1) is 19.8. The molecule has 142 valence electrons. The van der Waals surface area contributed by atoms with Crippen molar-refractivity contribution in [3.05, 3.63) is 51.9 Å². The minimum atomic E-state index is -0.154. The van der Waals surface area contributed by atoms with Crippen molar-refractivity contribution in [3.63, 3.8) is 0 Å². The summed E-state index contributed by atoms with van der Waals surface area (Å²) in [6.45, 7) is 5.25. The van der Waals surface area contributed by atoms with E-state index in [9.17, 15) is 9.59 Å². The van der Waals surface area contributed by atoms with E-state index in [0.29, 0.717) is 27.2 Å². The van der Waals surface area contributed by atoms with Gasteiger partial charge in [-0.25, -0.2) is 9.97 Å². The SMILES string of the molecule is CC(=O)c1c(C)nc(C2CC2)nc1SCC(=O)N[C@H](C)c1cccc(Cl)c1. The second-order valence-corrected chi connectivity index (χ2v) is 8.21. The Balaban J connectivity index is 1.68. The normalized spacial score (nSPS) is 14.7. The molecule has 0 spiro atoms. The lowest BCUT2D eigenvalue weighted by Gasteiger charge is -2.15. The van der Waals surface area contributed by atoms with Crippen molar-refractivity contribution >= 4 is 35.1 Å². The van der Waals surface area contributed by atoms with Gasteiger partial charge in [-0.05, 0) is 51.3 Å². The fourth-order valence-corrected chi connectivity index (χ4v) is 4.02. The standard InChI is InChI=1S/C20H22ClN3O2S/c1-11(15-5-4-6-16(21)9-15)22-17(26)10-27-20-18(13(3)25)12(2)23-19(24-20)14-7-8-14/h4-6,9,11,14H,7-8,10H2,1-3H3,(H,22,26)/t11-/m1/s1. The van der Waals surface area contributed by atoms with Crippen molar-refractivity contribution in [2.45, 2.75) is 50.6 Å². The molecule has 1 amide bonds. The van der Waals surface area contributed by atoms with Crippen molar-refractivity contribution in [2.75, 3.05) is 5.75 Å². The Kier molecular flexibility index (Phi) is 6.17. The Hall–Kier alpha value is -1.92. The van der Waals surface area contributed by atoms with Gasteiger partial charge in [-0.2, -0.15) is 0 Å². The number of halogens is 1. The van der Waals surface area contributed by atoms with Crippen molar-refractivity contribution < 1.29 is 9.59 Å². The molecule has 0 unspecified atom stereocenters. The van der Waals surface area contributed by atoms with Crippen LogP contribution in [-0.2, 0) is 4.79 Å². The Morgan fingerprint density at radius 3 is 2.70 bits per heavy atom. The number of benzene rings is 1. The molecule has 1 fully saturated rings. The van der Waals surface area contributed by atoms with Gasteiger partial charge in [-0.3, -0.25) is 9.59 Å². The smallest absolute Gasteiger partial charge is 0.230 e. The lowest BCUT2D eigenvalue weighted by Crippen LogP contribution is -2.28. The largest absolute Gasteiger partial charge is 0.349 e. The average molecular weight is 404 g/mol. The quantitative estimate of drug-likeness (QED) is 0.419. The Morgan fingerprint density at radius 1 is 1.33 bits per heavy atom. The van der Waals surface area contributed by atoms with Crippen LogP contribution in [0.4, 0.5) is 0 Å². The third-order valence-electron chi connectivity index (χ3n) is 4.43. The Bertz CT molecular complexity index is 884. The molecular weight excluding hydrogens is 382 g/mol. The number of ketones is 1. The summed E-state index contributed by atoms with van der Waals surface area (Å²) in [6.07, 6.45) is 2.17. The topological polar surface area (TPSA) is 72.0 Å². The van der Waals surface area contributed by atoms with E-state index in [2.05, 4.69) is 15.3 Å². The summed E-state index contributed by atoms with van der Waals surface area (Å²) in [5, 5.41) is 4.20. The summed E-state index contributed by atoms with van der Waals surface area (Å²) < 4.78 is 0. The number of hydrogen-bond donors (Lipinski definition) is 1. The Morgan fingerprint density at radius 2 is 2.07 bits per heavy atom. The van der Waals surface area contributed by atoms with Crippen LogP contribution in [0.1, 0.15) is 66.1 Å². The number of nitrogens with zero attached hydrogens (tertiary/aromatic N) is 2. The number of rotatable bonds is 7. The van der Waals surface area contributed by atoms with Crippen molar-refractivity contribution in [1.29, 1.82) is 0 Å². The first-order valence-electron chi connectivity index (χ1n) is 8.92. The van der Waals surface area contributed by atoms with Gasteiger partial charge in [0.2, 0.25) is 5.91 Å². The number of aryl methyl sites for hydroxylation is 1. The molecule has 1 aliphatic rings. The van der Waals surface area contributed by atoms with Gasteiger partial charge in [0.1, 0.15) is 10.9 Å². The zero-order chi connectivity index (χ0) is 19.6. The summed E-state index contributed by atoms with van der Waals surface area (Å²) in [6, 6.07) is 7.26. The van der Waals surface area contributed by atoms with Gasteiger partial charge in [0.25, 0.3) is 0 Å². The van der Waals surface area contributed by atoms with Gasteiger partial charge >= 0.3 is 0 Å². The summed E-state index contributed by atoms with van der Waals surface area (Å²) in [4.78, 5) is 33.5. The maximum Gasteiger partial charge on any atom is 0.230 e. The van der Waals surface area contributed by atoms with Gasteiger partial charge in [-0.1, -0.05) is 35.5 Å². The third-order valence-corrected chi connectivity index (χ3v) is 5.65. The maximum absolute atomic E-state index is 12.4. The second kappa shape index (κ2) is 8.40. The van der Waals surface area contributed by atoms with E-state index in [1.54, 1.807) is 6.07 Å². The van der Waals surface area contributed by atoms with Crippen LogP contribution in [-0.4, -0.2) is 27.4 Å². The highest BCUT2D eigenvalue weighted by Crippen LogP contribution is 2.39. The van der Waals surface area contributed by atoms with Gasteiger partial charge in [0, 0.05) is 10.9 Å². The number of carbonyl (C=O) groups excluding carboxylic acids is 2. The van der Waals surface area contributed by atoms with Gasteiger partial charge in [-0.15, -0.1) is 0 Å². The zero-order valence-corrected chi connectivity index (χ0v) is 17.2. The van der Waals surface area contributed by atoms with Crippen LogP contribution in [0, 0.1) is 6.92 Å². The molecule has 0 aliphatic heterocycles. The third kappa shape index (κ3) is 5.08. The van der Waals surface area contributed by atoms with Crippen LogP contribution in [0.25, 0.3) is 0 Å². The highest BCUT2D eigenvalue weighted by molar-refractivity contribution is 8.00. The Labute approximate surface area is 168 Å². The van der Waals surface area contributed by atoms with Crippen LogP contribution < -0.4 is 5.32 Å². The fraction of sp³-hybridized carbons (Fsp3) is 0.400. The molecule has 3 rings (SSSR count). The molecule has 1 aromatic carbocycles. The predicted octanol–water partition coefficient (Wildman–Crippen LogP) is 4.49. The molecule has 0 radical (unpaired) electrons. The van der Waals surface area contributed by atoms with Crippen LogP contribution in [0.5, 0.6) is 0 Å². The summed E-state index contributed by atoms with van der Waals surface area (Å²) >= 11 is 7.30. The van der Waals surface area contributed by atoms with Crippen LogP contribution in [0.3, 0.4) is 0 Å². The molecule has 0 bridgehead atoms. The van der Waals surface area contributed by atoms with E-state index in [4.69, 9.17) is 11.6 Å². The van der Waals surface area contributed by atoms with Gasteiger partial charge in [0.05, 0.1) is 23.1 Å². The van der Waals surface area contributed by atoms with E-state index in [0.717, 1.165) is 24.2 Å². The number of nitrogens with one attached hydrogen (secondary N) is 1. The monoisotopic (exact) mass is 403 g/mol. The molecule has 0 saturated heterocycles. The summed E-state index contributed by atoms with van der Waals surface area (Å²) in [7, 11) is 0. The lowest BCUT2D eigenvalue weighted by molar-refractivity contribution is -0.119. The molecule has 1 saturated carbocycles. The second-order valence-electron chi connectivity index (χ2n) is 6.81. The van der Waals surface area contributed by atoms with Crippen molar-refractivity contribution in [3.8, 4) is 0 Å². The maximum atomic E-state index is 12.4. The summed E-state index contributed by atoms with van der Waals surface area (Å²) in [5.41, 5.74) is 2.15. The highest BCUT2D eigenvalue weighted by atomic mass is 35.5. The molecule has 1 aromatic heterocycles. The highest BCUT2D eigenvalue weighted by Gasteiger charge is 2.29. The molecule has 1 N–H and O–H groups in total. The van der Waals surface area contributed by atoms with E-state index in [-0.39, 0.29) is 23.5 Å². The number of hydrogen-bond acceptors (Lipinski definition) is 5. The van der Waals surface area contributed by atoms with E-state index in [1.165, 1.54) is 18.7 Å². The average Bonchev–Trinajstić information content (AvgIpc) is 3.44.